The maximum atomic E-state index is 13.6. The zero-order chi connectivity index (χ0) is 17.6. The molecule has 0 atom stereocenters. The number of guanidine groups is 1. The highest BCUT2D eigenvalue weighted by Gasteiger charge is 2.07. The predicted molar refractivity (Wildman–Crippen MR) is 91.4 cm³/mol. The summed E-state index contributed by atoms with van der Waals surface area (Å²) in [6.45, 7) is 5.58. The number of ether oxygens (including phenoxy) is 2. The van der Waals surface area contributed by atoms with Crippen molar-refractivity contribution in [2.24, 2.45) is 4.99 Å². The number of hydrogen-bond donors (Lipinski definition) is 2. The maximum absolute atomic E-state index is 13.6. The van der Waals surface area contributed by atoms with Crippen molar-refractivity contribution in [1.82, 2.24) is 10.6 Å². The van der Waals surface area contributed by atoms with Gasteiger partial charge in [0.1, 0.15) is 0 Å². The summed E-state index contributed by atoms with van der Waals surface area (Å²) in [5.74, 6) is -0.942. The molecular formula is C17H27F2N3O2. The predicted octanol–water partition coefficient (Wildman–Crippen LogP) is 2.12. The Hall–Kier alpha value is -1.73. The monoisotopic (exact) mass is 343 g/mol. The third-order valence-electron chi connectivity index (χ3n) is 3.21. The molecule has 1 aromatic carbocycles. The Kier molecular flexibility index (Phi) is 10.7. The van der Waals surface area contributed by atoms with E-state index in [4.69, 9.17) is 9.47 Å². The quantitative estimate of drug-likeness (QED) is 0.367. The summed E-state index contributed by atoms with van der Waals surface area (Å²) in [5.41, 5.74) is 0.352. The molecule has 24 heavy (non-hydrogen) atoms. The van der Waals surface area contributed by atoms with E-state index in [1.54, 1.807) is 13.2 Å². The Bertz CT molecular complexity index is 499. The largest absolute Gasteiger partial charge is 0.382 e. The molecule has 2 N–H and O–H groups in total. The summed E-state index contributed by atoms with van der Waals surface area (Å²) < 4.78 is 37.0. The Labute approximate surface area is 142 Å². The van der Waals surface area contributed by atoms with Gasteiger partial charge in [-0.1, -0.05) is 12.1 Å². The van der Waals surface area contributed by atoms with Crippen molar-refractivity contribution < 1.29 is 18.3 Å². The van der Waals surface area contributed by atoms with Crippen LogP contribution in [-0.2, 0) is 15.9 Å². The van der Waals surface area contributed by atoms with Crippen molar-refractivity contribution in [2.75, 3.05) is 46.6 Å². The van der Waals surface area contributed by atoms with Crippen LogP contribution in [0.4, 0.5) is 8.78 Å². The molecule has 0 aliphatic rings. The van der Waals surface area contributed by atoms with Gasteiger partial charge in [0.15, 0.2) is 17.6 Å². The van der Waals surface area contributed by atoms with Crippen LogP contribution >= 0.6 is 0 Å². The van der Waals surface area contributed by atoms with E-state index in [1.165, 1.54) is 6.07 Å². The molecule has 0 aliphatic carbocycles. The second-order valence-corrected chi connectivity index (χ2v) is 5.11. The average molecular weight is 343 g/mol. The van der Waals surface area contributed by atoms with E-state index in [0.717, 1.165) is 19.0 Å². The SMILES string of the molecule is CCNC(=NCCCOCCOC)NCCc1cccc(F)c1F. The number of halogens is 2. The standard InChI is InChI=1S/C17H27F2N3O2/c1-3-20-17(21-9-5-11-24-13-12-23-2)22-10-8-14-6-4-7-15(18)16(14)19/h4,6-7H,3,5,8-13H2,1-2H3,(H2,20,21,22). The van der Waals surface area contributed by atoms with E-state index in [2.05, 4.69) is 15.6 Å². The van der Waals surface area contributed by atoms with Crippen molar-refractivity contribution in [2.45, 2.75) is 19.8 Å². The minimum absolute atomic E-state index is 0.352. The lowest BCUT2D eigenvalue weighted by molar-refractivity contribution is 0.0702. The van der Waals surface area contributed by atoms with Gasteiger partial charge >= 0.3 is 0 Å². The zero-order valence-electron chi connectivity index (χ0n) is 14.4. The van der Waals surface area contributed by atoms with Crippen molar-refractivity contribution in [3.05, 3.63) is 35.4 Å². The molecule has 7 heteroatoms. The number of aliphatic imine (C=N–C) groups is 1. The summed E-state index contributed by atoms with van der Waals surface area (Å²) in [5, 5.41) is 6.23. The molecule has 0 saturated carbocycles. The Morgan fingerprint density at radius 2 is 2.00 bits per heavy atom. The fraction of sp³-hybridized carbons (Fsp3) is 0.588. The second kappa shape index (κ2) is 12.7. The molecule has 1 aromatic rings. The molecule has 0 spiro atoms. The van der Waals surface area contributed by atoms with Crippen molar-refractivity contribution in [3.8, 4) is 0 Å². The summed E-state index contributed by atoms with van der Waals surface area (Å²) in [7, 11) is 1.64. The van der Waals surface area contributed by atoms with Crippen LogP contribution in [0.5, 0.6) is 0 Å². The highest BCUT2D eigenvalue weighted by Crippen LogP contribution is 2.11. The van der Waals surface area contributed by atoms with Crippen molar-refractivity contribution in [1.29, 1.82) is 0 Å². The van der Waals surface area contributed by atoms with Crippen LogP contribution in [0.25, 0.3) is 0 Å². The van der Waals surface area contributed by atoms with Gasteiger partial charge in [-0.05, 0) is 31.4 Å². The molecule has 5 nitrogen and oxygen atoms in total. The zero-order valence-corrected chi connectivity index (χ0v) is 14.4. The number of hydrogen-bond acceptors (Lipinski definition) is 3. The van der Waals surface area contributed by atoms with Crippen LogP contribution in [0, 0.1) is 11.6 Å². The third kappa shape index (κ3) is 8.21. The molecule has 0 bridgehead atoms. The van der Waals surface area contributed by atoms with Gasteiger partial charge in [0.2, 0.25) is 0 Å². The molecule has 0 aliphatic heterocycles. The smallest absolute Gasteiger partial charge is 0.191 e. The van der Waals surface area contributed by atoms with Crippen LogP contribution in [0.1, 0.15) is 18.9 Å². The number of methoxy groups -OCH3 is 1. The highest BCUT2D eigenvalue weighted by atomic mass is 19.2. The van der Waals surface area contributed by atoms with Crippen LogP contribution < -0.4 is 10.6 Å². The molecule has 0 amide bonds. The first-order valence-corrected chi connectivity index (χ1v) is 8.20. The highest BCUT2D eigenvalue weighted by molar-refractivity contribution is 5.79. The van der Waals surface area contributed by atoms with Crippen LogP contribution in [0.2, 0.25) is 0 Å². The summed E-state index contributed by atoms with van der Waals surface area (Å²) in [6, 6.07) is 4.21. The van der Waals surface area contributed by atoms with Gasteiger partial charge in [0.25, 0.3) is 0 Å². The van der Waals surface area contributed by atoms with Gasteiger partial charge in [-0.2, -0.15) is 0 Å². The van der Waals surface area contributed by atoms with E-state index in [1.807, 2.05) is 6.92 Å². The van der Waals surface area contributed by atoms with Gasteiger partial charge in [-0.15, -0.1) is 0 Å². The fourth-order valence-electron chi connectivity index (χ4n) is 2.00. The minimum Gasteiger partial charge on any atom is -0.382 e. The Balaban J connectivity index is 2.31. The second-order valence-electron chi connectivity index (χ2n) is 5.11. The van der Waals surface area contributed by atoms with Crippen LogP contribution in [-0.4, -0.2) is 52.5 Å². The Morgan fingerprint density at radius 3 is 2.75 bits per heavy atom. The topological polar surface area (TPSA) is 54.9 Å². The first-order chi connectivity index (χ1) is 11.7. The lowest BCUT2D eigenvalue weighted by atomic mass is 10.1. The van der Waals surface area contributed by atoms with E-state index in [0.29, 0.717) is 50.9 Å². The first-order valence-electron chi connectivity index (χ1n) is 8.20. The lowest BCUT2D eigenvalue weighted by Gasteiger charge is -2.11. The molecule has 0 radical (unpaired) electrons. The van der Waals surface area contributed by atoms with Gasteiger partial charge < -0.3 is 20.1 Å². The average Bonchev–Trinajstić information content (AvgIpc) is 2.57. The van der Waals surface area contributed by atoms with E-state index >= 15 is 0 Å². The molecule has 1 rings (SSSR count). The molecule has 0 unspecified atom stereocenters. The summed E-state index contributed by atoms with van der Waals surface area (Å²) in [4.78, 5) is 4.42. The Morgan fingerprint density at radius 1 is 1.17 bits per heavy atom. The molecular weight excluding hydrogens is 316 g/mol. The van der Waals surface area contributed by atoms with Crippen LogP contribution in [0.3, 0.4) is 0 Å². The molecule has 0 saturated heterocycles. The number of nitrogens with one attached hydrogen (secondary N) is 2. The van der Waals surface area contributed by atoms with E-state index in [9.17, 15) is 8.78 Å². The fourth-order valence-corrected chi connectivity index (χ4v) is 2.00. The van der Waals surface area contributed by atoms with Crippen LogP contribution in [0.15, 0.2) is 23.2 Å². The summed E-state index contributed by atoms with van der Waals surface area (Å²) in [6.07, 6.45) is 1.19. The van der Waals surface area contributed by atoms with E-state index in [-0.39, 0.29) is 0 Å². The normalized spacial score (nSPS) is 11.6. The van der Waals surface area contributed by atoms with E-state index < -0.39 is 11.6 Å². The molecule has 0 fully saturated rings. The third-order valence-corrected chi connectivity index (χ3v) is 3.21. The summed E-state index contributed by atoms with van der Waals surface area (Å²) >= 11 is 0. The van der Waals surface area contributed by atoms with Crippen molar-refractivity contribution >= 4 is 5.96 Å². The molecule has 0 heterocycles. The minimum atomic E-state index is -0.818. The molecule has 136 valence electrons. The number of rotatable bonds is 11. The number of benzene rings is 1. The first kappa shape index (κ1) is 20.3. The van der Waals surface area contributed by atoms with Gasteiger partial charge in [-0.25, -0.2) is 8.78 Å². The maximum Gasteiger partial charge on any atom is 0.191 e. The van der Waals surface area contributed by atoms with Gasteiger partial charge in [-0.3, -0.25) is 4.99 Å². The lowest BCUT2D eigenvalue weighted by Crippen LogP contribution is -2.38. The van der Waals surface area contributed by atoms with Crippen molar-refractivity contribution in [3.63, 3.8) is 0 Å². The number of nitrogens with zero attached hydrogens (tertiary/aromatic N) is 1. The molecule has 0 aromatic heterocycles. The van der Waals surface area contributed by atoms with Gasteiger partial charge in [0, 0.05) is 33.4 Å². The van der Waals surface area contributed by atoms with Gasteiger partial charge in [0.05, 0.1) is 13.2 Å².